The van der Waals surface area contributed by atoms with E-state index in [1.54, 1.807) is 23.1 Å². The number of halogens is 1. The van der Waals surface area contributed by atoms with Crippen LogP contribution in [0.2, 0.25) is 0 Å². The van der Waals surface area contributed by atoms with Crippen LogP contribution >= 0.6 is 0 Å². The van der Waals surface area contributed by atoms with Crippen LogP contribution in [0.4, 0.5) is 4.39 Å². The molecule has 0 N–H and O–H groups in total. The highest BCUT2D eigenvalue weighted by Crippen LogP contribution is 2.33. The van der Waals surface area contributed by atoms with Gasteiger partial charge in [-0.15, -0.1) is 0 Å². The molecular formula is C17H16FN3O4. The molecule has 1 aromatic heterocycles. The van der Waals surface area contributed by atoms with E-state index in [1.807, 2.05) is 0 Å². The molecule has 8 heteroatoms. The molecule has 0 unspecified atom stereocenters. The molecule has 25 heavy (non-hydrogen) atoms. The molecule has 0 radical (unpaired) electrons. The van der Waals surface area contributed by atoms with Crippen molar-refractivity contribution in [2.45, 2.75) is 18.9 Å². The van der Waals surface area contributed by atoms with Crippen LogP contribution in [0.15, 0.2) is 30.6 Å². The van der Waals surface area contributed by atoms with E-state index in [1.165, 1.54) is 0 Å². The second kappa shape index (κ2) is 6.54. The molecule has 2 aliphatic heterocycles. The van der Waals surface area contributed by atoms with Crippen LogP contribution in [0, 0.1) is 5.82 Å². The number of carbonyl (C=O) groups is 1. The van der Waals surface area contributed by atoms with Crippen molar-refractivity contribution >= 4 is 5.91 Å². The van der Waals surface area contributed by atoms with E-state index < -0.39 is 5.82 Å². The summed E-state index contributed by atoms with van der Waals surface area (Å²) < 4.78 is 29.1. The molecule has 3 heterocycles. The molecule has 1 atom stereocenters. The molecule has 130 valence electrons. The maximum Gasteiger partial charge on any atom is 0.316 e. The SMILES string of the molecule is O=C(c1ccc2c(c1)OCO2)N1CCC[C@H](Oc2ncc(F)cn2)C1. The van der Waals surface area contributed by atoms with Gasteiger partial charge in [0.25, 0.3) is 5.91 Å². The molecule has 2 aliphatic rings. The minimum absolute atomic E-state index is 0.0911. The maximum atomic E-state index is 12.9. The lowest BCUT2D eigenvalue weighted by molar-refractivity contribution is 0.0515. The smallest absolute Gasteiger partial charge is 0.316 e. The number of hydrogen-bond acceptors (Lipinski definition) is 6. The van der Waals surface area contributed by atoms with Crippen LogP contribution < -0.4 is 14.2 Å². The van der Waals surface area contributed by atoms with Gasteiger partial charge in [0, 0.05) is 12.1 Å². The molecule has 1 amide bonds. The summed E-state index contributed by atoms with van der Waals surface area (Å²) in [7, 11) is 0. The molecule has 1 saturated heterocycles. The summed E-state index contributed by atoms with van der Waals surface area (Å²) in [4.78, 5) is 22.1. The third kappa shape index (κ3) is 3.33. The first kappa shape index (κ1) is 15.6. The van der Waals surface area contributed by atoms with Gasteiger partial charge in [0.1, 0.15) is 6.10 Å². The Balaban J connectivity index is 1.43. The second-order valence-electron chi connectivity index (χ2n) is 5.89. The molecule has 0 aliphatic carbocycles. The standard InChI is InChI=1S/C17H16FN3O4/c18-12-7-19-17(20-8-12)25-13-2-1-5-21(9-13)16(22)11-3-4-14-15(6-11)24-10-23-14/h3-4,6-8,13H,1-2,5,9-10H2/t13-/m0/s1. The summed E-state index contributed by atoms with van der Waals surface area (Å²) >= 11 is 0. The summed E-state index contributed by atoms with van der Waals surface area (Å²) in [6.07, 6.45) is 3.48. The van der Waals surface area contributed by atoms with E-state index in [2.05, 4.69) is 9.97 Å². The summed E-state index contributed by atoms with van der Waals surface area (Å²) in [5, 5.41) is 0. The lowest BCUT2D eigenvalue weighted by Crippen LogP contribution is -2.44. The highest BCUT2D eigenvalue weighted by molar-refractivity contribution is 5.95. The number of ether oxygens (including phenoxy) is 3. The van der Waals surface area contributed by atoms with Gasteiger partial charge in [0.15, 0.2) is 17.3 Å². The highest BCUT2D eigenvalue weighted by atomic mass is 19.1. The molecule has 0 spiro atoms. The van der Waals surface area contributed by atoms with Crippen LogP contribution in [0.1, 0.15) is 23.2 Å². The van der Waals surface area contributed by atoms with E-state index >= 15 is 0 Å². The fourth-order valence-corrected chi connectivity index (χ4v) is 2.94. The average Bonchev–Trinajstić information content (AvgIpc) is 3.11. The molecule has 7 nitrogen and oxygen atoms in total. The van der Waals surface area contributed by atoms with Gasteiger partial charge in [-0.3, -0.25) is 4.79 Å². The monoisotopic (exact) mass is 345 g/mol. The quantitative estimate of drug-likeness (QED) is 0.847. The number of aromatic nitrogens is 2. The molecule has 2 aromatic rings. The predicted octanol–water partition coefficient (Wildman–Crippen LogP) is 2.03. The summed E-state index contributed by atoms with van der Waals surface area (Å²) in [6, 6.07) is 5.27. The van der Waals surface area contributed by atoms with Gasteiger partial charge in [-0.25, -0.2) is 14.4 Å². The first-order valence-corrected chi connectivity index (χ1v) is 8.02. The normalized spacial score (nSPS) is 18.9. The van der Waals surface area contributed by atoms with E-state index in [4.69, 9.17) is 14.2 Å². The highest BCUT2D eigenvalue weighted by Gasteiger charge is 2.27. The molecule has 4 rings (SSSR count). The fourth-order valence-electron chi connectivity index (χ4n) is 2.94. The number of nitrogens with zero attached hydrogens (tertiary/aromatic N) is 3. The number of fused-ring (bicyclic) bond motifs is 1. The summed E-state index contributed by atoms with van der Waals surface area (Å²) in [5.41, 5.74) is 0.544. The average molecular weight is 345 g/mol. The topological polar surface area (TPSA) is 73.8 Å². The van der Waals surface area contributed by atoms with Crippen LogP contribution in [-0.4, -0.2) is 46.8 Å². The van der Waals surface area contributed by atoms with Crippen molar-refractivity contribution in [3.63, 3.8) is 0 Å². The van der Waals surface area contributed by atoms with Gasteiger partial charge in [0.05, 0.1) is 18.9 Å². The van der Waals surface area contributed by atoms with Crippen molar-refractivity contribution in [3.05, 3.63) is 42.0 Å². The lowest BCUT2D eigenvalue weighted by atomic mass is 10.1. The number of likely N-dealkylation sites (tertiary alicyclic amines) is 1. The van der Waals surface area contributed by atoms with Gasteiger partial charge < -0.3 is 19.1 Å². The molecule has 0 saturated carbocycles. The van der Waals surface area contributed by atoms with E-state index in [0.717, 1.165) is 25.2 Å². The Hall–Kier alpha value is -2.90. The Morgan fingerprint density at radius 2 is 2.04 bits per heavy atom. The van der Waals surface area contributed by atoms with Gasteiger partial charge in [0.2, 0.25) is 6.79 Å². The second-order valence-corrected chi connectivity index (χ2v) is 5.89. The van der Waals surface area contributed by atoms with Crippen LogP contribution in [0.3, 0.4) is 0 Å². The Morgan fingerprint density at radius 3 is 2.88 bits per heavy atom. The number of piperidine rings is 1. The van der Waals surface area contributed by atoms with Crippen molar-refractivity contribution in [1.82, 2.24) is 14.9 Å². The zero-order valence-electron chi connectivity index (χ0n) is 13.4. The zero-order chi connectivity index (χ0) is 17.2. The minimum atomic E-state index is -0.518. The predicted molar refractivity (Wildman–Crippen MR) is 84.1 cm³/mol. The van der Waals surface area contributed by atoms with Crippen molar-refractivity contribution in [3.8, 4) is 17.5 Å². The van der Waals surface area contributed by atoms with Crippen molar-refractivity contribution in [1.29, 1.82) is 0 Å². The van der Waals surface area contributed by atoms with Gasteiger partial charge in [-0.2, -0.15) is 0 Å². The van der Waals surface area contributed by atoms with Crippen molar-refractivity contribution < 1.29 is 23.4 Å². The van der Waals surface area contributed by atoms with Crippen molar-refractivity contribution in [2.24, 2.45) is 0 Å². The van der Waals surface area contributed by atoms with Crippen LogP contribution in [-0.2, 0) is 0 Å². The Bertz CT molecular complexity index is 784. The van der Waals surface area contributed by atoms with E-state index in [-0.39, 0.29) is 24.8 Å². The van der Waals surface area contributed by atoms with Gasteiger partial charge in [-0.05, 0) is 31.0 Å². The number of carbonyl (C=O) groups excluding carboxylic acids is 1. The first-order valence-electron chi connectivity index (χ1n) is 8.02. The van der Waals surface area contributed by atoms with Crippen LogP contribution in [0.25, 0.3) is 0 Å². The fraction of sp³-hybridized carbons (Fsp3) is 0.353. The van der Waals surface area contributed by atoms with Crippen molar-refractivity contribution in [2.75, 3.05) is 19.9 Å². The first-order chi connectivity index (χ1) is 12.2. The summed E-state index contributed by atoms with van der Waals surface area (Å²) in [6.45, 7) is 1.25. The number of rotatable bonds is 3. The van der Waals surface area contributed by atoms with Gasteiger partial charge in [-0.1, -0.05) is 0 Å². The van der Waals surface area contributed by atoms with Gasteiger partial charge >= 0.3 is 6.01 Å². The minimum Gasteiger partial charge on any atom is -0.458 e. The number of amides is 1. The maximum absolute atomic E-state index is 12.9. The molecule has 1 aromatic carbocycles. The Morgan fingerprint density at radius 1 is 1.24 bits per heavy atom. The molecule has 0 bridgehead atoms. The largest absolute Gasteiger partial charge is 0.458 e. The number of benzene rings is 1. The Labute approximate surface area is 143 Å². The lowest BCUT2D eigenvalue weighted by Gasteiger charge is -2.32. The molecular weight excluding hydrogens is 329 g/mol. The Kier molecular flexibility index (Phi) is 4.09. The van der Waals surface area contributed by atoms with Crippen LogP contribution in [0.5, 0.6) is 17.5 Å². The zero-order valence-corrected chi connectivity index (χ0v) is 13.4. The van der Waals surface area contributed by atoms with E-state index in [0.29, 0.717) is 30.2 Å². The molecule has 1 fully saturated rings. The van der Waals surface area contributed by atoms with E-state index in [9.17, 15) is 9.18 Å². The summed E-state index contributed by atoms with van der Waals surface area (Å²) in [5.74, 6) is 0.613. The third-order valence-corrected chi connectivity index (χ3v) is 4.15. The number of hydrogen-bond donors (Lipinski definition) is 0. The third-order valence-electron chi connectivity index (χ3n) is 4.15.